The molecule has 12 heteroatoms. The number of fused-ring (bicyclic) bond motifs is 1. The number of anilines is 2. The van der Waals surface area contributed by atoms with Gasteiger partial charge in [-0.15, -0.1) is 0 Å². The molecule has 0 bridgehead atoms. The van der Waals surface area contributed by atoms with Gasteiger partial charge in [-0.25, -0.2) is 19.3 Å². The number of ketones is 1. The monoisotopic (exact) mass is 609 g/mol. The van der Waals surface area contributed by atoms with Gasteiger partial charge in [0.05, 0.1) is 35.5 Å². The number of nitrogens with two attached hydrogens (primary N) is 1. The number of imidazole rings is 1. The third-order valence-electron chi connectivity index (χ3n) is 7.29. The highest BCUT2D eigenvalue weighted by Crippen LogP contribution is 2.35. The Bertz CT molecular complexity index is 1570. The van der Waals surface area contributed by atoms with Gasteiger partial charge in [0.1, 0.15) is 35.3 Å². The van der Waals surface area contributed by atoms with E-state index in [2.05, 4.69) is 30.2 Å². The van der Waals surface area contributed by atoms with Crippen molar-refractivity contribution >= 4 is 45.7 Å². The third kappa shape index (κ3) is 8.48. The number of carbonyl (C=O) groups is 2. The highest BCUT2D eigenvalue weighted by Gasteiger charge is 2.27. The number of Topliss-reactive ketones (excluding diaryl/α,β-unsaturated/α-hetero) is 1. The van der Waals surface area contributed by atoms with Crippen LogP contribution in [0.25, 0.3) is 22.2 Å². The fourth-order valence-electron chi connectivity index (χ4n) is 4.75. The van der Waals surface area contributed by atoms with Gasteiger partial charge in [0.25, 0.3) is 0 Å². The van der Waals surface area contributed by atoms with Crippen LogP contribution in [0.4, 0.5) is 15.9 Å². The van der Waals surface area contributed by atoms with Crippen LogP contribution in [0.3, 0.4) is 0 Å². The van der Waals surface area contributed by atoms with Crippen LogP contribution in [0, 0.1) is 11.7 Å². The number of hydrogen-bond acceptors (Lipinski definition) is 8. The van der Waals surface area contributed by atoms with Crippen LogP contribution in [0.15, 0.2) is 42.9 Å². The zero-order valence-corrected chi connectivity index (χ0v) is 25.4. The molecule has 0 aliphatic carbocycles. The quantitative estimate of drug-likeness (QED) is 0.174. The van der Waals surface area contributed by atoms with Gasteiger partial charge in [-0.3, -0.25) is 9.59 Å². The Morgan fingerprint density at radius 1 is 1.16 bits per heavy atom. The number of nitrogens with one attached hydrogen (secondary N) is 2. The minimum atomic E-state index is -0.485. The maximum atomic E-state index is 13.6. The summed E-state index contributed by atoms with van der Waals surface area (Å²) in [6.07, 6.45) is 8.16. The molecular formula is C31H37ClFN7O3. The fourth-order valence-corrected chi connectivity index (χ4v) is 4.93. The molecule has 1 fully saturated rings. The summed E-state index contributed by atoms with van der Waals surface area (Å²) >= 11 is 5.93. The molecule has 3 heterocycles. The van der Waals surface area contributed by atoms with Crippen molar-refractivity contribution in [3.8, 4) is 17.0 Å². The summed E-state index contributed by atoms with van der Waals surface area (Å²) in [6.45, 7) is 3.59. The third-order valence-corrected chi connectivity index (χ3v) is 7.58. The molecule has 5 rings (SSSR count). The van der Waals surface area contributed by atoms with Crippen LogP contribution in [0.2, 0.25) is 5.02 Å². The molecule has 0 spiro atoms. The molecule has 1 aliphatic rings. The minimum Gasteiger partial charge on any atom is -0.496 e. The average molecular weight is 610 g/mol. The molecule has 43 heavy (non-hydrogen) atoms. The van der Waals surface area contributed by atoms with Crippen LogP contribution in [-0.4, -0.2) is 63.8 Å². The van der Waals surface area contributed by atoms with E-state index in [0.717, 1.165) is 61.2 Å². The van der Waals surface area contributed by atoms with E-state index < -0.39 is 5.82 Å². The number of benzene rings is 2. The van der Waals surface area contributed by atoms with Crippen LogP contribution in [0.5, 0.6) is 5.75 Å². The van der Waals surface area contributed by atoms with E-state index in [9.17, 15) is 14.0 Å². The second kappa shape index (κ2) is 14.9. The van der Waals surface area contributed by atoms with Gasteiger partial charge in [0, 0.05) is 55.1 Å². The minimum absolute atomic E-state index is 0.0256. The van der Waals surface area contributed by atoms with Crippen LogP contribution < -0.4 is 15.8 Å². The van der Waals surface area contributed by atoms with Crippen molar-refractivity contribution in [1.29, 1.82) is 0 Å². The molecule has 0 saturated carbocycles. The Balaban J connectivity index is 0.000000458. The van der Waals surface area contributed by atoms with Crippen LogP contribution in [-0.2, 0) is 16.0 Å². The molecular weight excluding hydrogens is 573 g/mol. The summed E-state index contributed by atoms with van der Waals surface area (Å²) in [5.41, 5.74) is 7.94. The van der Waals surface area contributed by atoms with E-state index in [1.165, 1.54) is 18.5 Å². The summed E-state index contributed by atoms with van der Waals surface area (Å²) in [4.78, 5) is 40.5. The predicted molar refractivity (Wildman–Crippen MR) is 166 cm³/mol. The average Bonchev–Trinajstić information content (AvgIpc) is 3.45. The first-order valence-corrected chi connectivity index (χ1v) is 14.6. The molecule has 1 amide bonds. The summed E-state index contributed by atoms with van der Waals surface area (Å²) in [7, 11) is 3.58. The van der Waals surface area contributed by atoms with Gasteiger partial charge in [-0.1, -0.05) is 24.9 Å². The molecule has 0 radical (unpaired) electrons. The number of H-pyrrole nitrogens is 1. The van der Waals surface area contributed by atoms with Crippen molar-refractivity contribution in [3.05, 3.63) is 59.5 Å². The second-order valence-electron chi connectivity index (χ2n) is 10.6. The number of rotatable bonds is 12. The molecule has 0 atom stereocenters. The van der Waals surface area contributed by atoms with Crippen molar-refractivity contribution in [2.24, 2.45) is 11.7 Å². The van der Waals surface area contributed by atoms with Crippen LogP contribution >= 0.6 is 11.6 Å². The van der Waals surface area contributed by atoms with E-state index in [1.807, 2.05) is 26.1 Å². The van der Waals surface area contributed by atoms with Gasteiger partial charge in [0.15, 0.2) is 0 Å². The van der Waals surface area contributed by atoms with Gasteiger partial charge < -0.3 is 25.7 Å². The Morgan fingerprint density at radius 3 is 2.60 bits per heavy atom. The lowest BCUT2D eigenvalue weighted by molar-refractivity contribution is -0.126. The SMILES string of the molecule is CCC(=O)CCCCCc1ncc(-c2cc3c(Nc4ccc(F)c(Cl)c4)ncnc3cc2OC)[nH]1.CN1CC(C(N)=O)C1. The fraction of sp³-hybridized carbons (Fsp3) is 0.387. The molecule has 10 nitrogen and oxygen atoms in total. The topological polar surface area (TPSA) is 139 Å². The van der Waals surface area contributed by atoms with Crippen molar-refractivity contribution in [2.45, 2.75) is 45.4 Å². The first-order chi connectivity index (χ1) is 20.7. The molecule has 2 aromatic carbocycles. The summed E-state index contributed by atoms with van der Waals surface area (Å²) in [6, 6.07) is 8.19. The maximum Gasteiger partial charge on any atom is 0.223 e. The summed E-state index contributed by atoms with van der Waals surface area (Å²) < 4.78 is 19.2. The van der Waals surface area contributed by atoms with E-state index in [1.54, 1.807) is 19.4 Å². The Kier molecular flexibility index (Phi) is 11.0. The van der Waals surface area contributed by atoms with Crippen molar-refractivity contribution in [3.63, 3.8) is 0 Å². The largest absolute Gasteiger partial charge is 0.496 e. The maximum absolute atomic E-state index is 13.6. The van der Waals surface area contributed by atoms with Crippen molar-refractivity contribution in [2.75, 3.05) is 32.6 Å². The molecule has 4 aromatic rings. The standard InChI is InChI=1S/C26H27ClFN5O2.C5H10N2O/c1-3-17(34)7-5-4-6-8-25-29-14-23(33-25)18-12-19-22(13-24(18)35-2)30-15-31-26(19)32-16-9-10-21(28)20(27)11-16;1-7-2-4(3-7)5(6)8/h9-15H,3-8H2,1-2H3,(H,29,33)(H,30,31,32);4H,2-3H2,1H3,(H2,6,8). The van der Waals surface area contributed by atoms with Crippen molar-refractivity contribution < 1.29 is 18.7 Å². The van der Waals surface area contributed by atoms with Gasteiger partial charge in [-0.2, -0.15) is 0 Å². The summed E-state index contributed by atoms with van der Waals surface area (Å²) in [5, 5.41) is 3.99. The first-order valence-electron chi connectivity index (χ1n) is 14.3. The lowest BCUT2D eigenvalue weighted by Gasteiger charge is -2.33. The highest BCUT2D eigenvalue weighted by molar-refractivity contribution is 6.31. The normalized spacial score (nSPS) is 13.2. The predicted octanol–water partition coefficient (Wildman–Crippen LogP) is 5.68. The lowest BCUT2D eigenvalue weighted by atomic mass is 10.0. The second-order valence-corrected chi connectivity index (χ2v) is 11.0. The van der Waals surface area contributed by atoms with E-state index in [0.29, 0.717) is 41.4 Å². The van der Waals surface area contributed by atoms with E-state index in [4.69, 9.17) is 22.1 Å². The number of likely N-dealkylation sites (tertiary alicyclic amines) is 1. The van der Waals surface area contributed by atoms with Crippen LogP contribution in [0.1, 0.15) is 44.9 Å². The Labute approximate surface area is 255 Å². The number of carbonyl (C=O) groups excluding carboxylic acids is 2. The highest BCUT2D eigenvalue weighted by atomic mass is 35.5. The molecule has 1 aliphatic heterocycles. The number of aryl methyl sites for hydroxylation is 1. The zero-order valence-electron chi connectivity index (χ0n) is 24.6. The number of primary amides is 1. The molecule has 0 unspecified atom stereocenters. The number of nitrogens with zero attached hydrogens (tertiary/aromatic N) is 4. The number of ether oxygens (including phenoxy) is 1. The Hall–Kier alpha value is -4.09. The van der Waals surface area contributed by atoms with E-state index >= 15 is 0 Å². The number of unbranched alkanes of at least 4 members (excludes halogenated alkanes) is 2. The van der Waals surface area contributed by atoms with Gasteiger partial charge >= 0.3 is 0 Å². The van der Waals surface area contributed by atoms with E-state index in [-0.39, 0.29) is 16.8 Å². The summed E-state index contributed by atoms with van der Waals surface area (Å²) in [5.74, 6) is 1.88. The van der Waals surface area contributed by atoms with Gasteiger partial charge in [-0.05, 0) is 44.2 Å². The smallest absolute Gasteiger partial charge is 0.223 e. The molecule has 1 saturated heterocycles. The molecule has 2 aromatic heterocycles. The molecule has 228 valence electrons. The van der Waals surface area contributed by atoms with Gasteiger partial charge in [0.2, 0.25) is 5.91 Å². The molecule has 4 N–H and O–H groups in total. The number of halogens is 2. The van der Waals surface area contributed by atoms with Crippen molar-refractivity contribution in [1.82, 2.24) is 24.8 Å². The Morgan fingerprint density at radius 2 is 1.95 bits per heavy atom. The number of hydrogen-bond donors (Lipinski definition) is 3. The zero-order chi connectivity index (χ0) is 30.9. The lowest BCUT2D eigenvalue weighted by Crippen LogP contribution is -2.50. The number of methoxy groups -OCH3 is 1. The first kappa shape index (κ1) is 31.8. The number of aromatic amines is 1. The number of amides is 1. The number of aromatic nitrogens is 4.